The van der Waals surface area contributed by atoms with Gasteiger partial charge < -0.3 is 15.2 Å². The van der Waals surface area contributed by atoms with E-state index < -0.39 is 12.5 Å². The third-order valence-corrected chi connectivity index (χ3v) is 2.10. The molecule has 94 valence electrons. The number of rotatable bonds is 4. The van der Waals surface area contributed by atoms with E-state index in [0.717, 1.165) is 12.1 Å². The average Bonchev–Trinajstić information content (AvgIpc) is 2.18. The van der Waals surface area contributed by atoms with Crippen LogP contribution in [0, 0.1) is 0 Å². The molecule has 1 aromatic carbocycles. The van der Waals surface area contributed by atoms with Crippen molar-refractivity contribution in [1.82, 2.24) is 0 Å². The van der Waals surface area contributed by atoms with Crippen LogP contribution in [0.1, 0.15) is 6.92 Å². The summed E-state index contributed by atoms with van der Waals surface area (Å²) in [6.45, 7) is 1.64. The van der Waals surface area contributed by atoms with Crippen LogP contribution in [-0.4, -0.2) is 17.5 Å². The monoisotopic (exact) mass is 265 g/mol. The van der Waals surface area contributed by atoms with Gasteiger partial charge in [-0.2, -0.15) is 0 Å². The van der Waals surface area contributed by atoms with Crippen molar-refractivity contribution in [2.75, 3.05) is 0 Å². The van der Waals surface area contributed by atoms with Gasteiger partial charge in [-0.15, -0.1) is 13.2 Å². The number of hydrogen-bond acceptors (Lipinski definition) is 3. The molecule has 0 heterocycles. The summed E-state index contributed by atoms with van der Waals surface area (Å²) in [7, 11) is 0. The molecular weight excluding hydrogens is 255 g/mol. The minimum atomic E-state index is -4.70. The highest BCUT2D eigenvalue weighted by atomic mass is 32.1. The molecule has 0 aliphatic heterocycles. The molecule has 0 spiro atoms. The fourth-order valence-corrected chi connectivity index (χ4v) is 1.03. The Morgan fingerprint density at radius 2 is 1.71 bits per heavy atom. The van der Waals surface area contributed by atoms with Gasteiger partial charge in [0.2, 0.25) is 0 Å². The number of benzene rings is 1. The van der Waals surface area contributed by atoms with Gasteiger partial charge >= 0.3 is 6.36 Å². The smallest absolute Gasteiger partial charge is 0.484 e. The topological polar surface area (TPSA) is 44.5 Å². The fourth-order valence-electron chi connectivity index (χ4n) is 0.982. The van der Waals surface area contributed by atoms with E-state index >= 15 is 0 Å². The molecule has 0 aliphatic carbocycles. The molecule has 7 heteroatoms. The SMILES string of the molecule is CC(Oc1ccc(OC(F)(F)F)cc1)C(N)=S. The molecule has 0 aromatic heterocycles. The predicted molar refractivity (Wildman–Crippen MR) is 60.0 cm³/mol. The minimum Gasteiger partial charge on any atom is -0.484 e. The van der Waals surface area contributed by atoms with Crippen molar-refractivity contribution in [2.24, 2.45) is 5.73 Å². The lowest BCUT2D eigenvalue weighted by Crippen LogP contribution is -2.28. The number of thiocarbonyl (C=S) groups is 1. The van der Waals surface area contributed by atoms with Gasteiger partial charge in [-0.1, -0.05) is 12.2 Å². The molecule has 2 N–H and O–H groups in total. The van der Waals surface area contributed by atoms with Gasteiger partial charge in [0.1, 0.15) is 22.6 Å². The molecule has 1 atom stereocenters. The number of hydrogen-bond donors (Lipinski definition) is 1. The Bertz CT molecular complexity index is 392. The molecule has 0 saturated heterocycles. The molecule has 1 unspecified atom stereocenters. The van der Waals surface area contributed by atoms with Crippen LogP contribution in [0.3, 0.4) is 0 Å². The normalized spacial score (nSPS) is 12.9. The van der Waals surface area contributed by atoms with Gasteiger partial charge in [0, 0.05) is 0 Å². The minimum absolute atomic E-state index is 0.167. The third-order valence-electron chi connectivity index (χ3n) is 1.77. The molecule has 17 heavy (non-hydrogen) atoms. The number of nitrogens with two attached hydrogens (primary N) is 1. The van der Waals surface area contributed by atoms with Crippen LogP contribution in [-0.2, 0) is 0 Å². The third kappa shape index (κ3) is 4.90. The van der Waals surface area contributed by atoms with Crippen LogP contribution in [0.5, 0.6) is 11.5 Å². The van der Waals surface area contributed by atoms with Gasteiger partial charge in [-0.25, -0.2) is 0 Å². The Morgan fingerprint density at radius 1 is 1.24 bits per heavy atom. The number of halogens is 3. The van der Waals surface area contributed by atoms with E-state index in [4.69, 9.17) is 22.7 Å². The summed E-state index contributed by atoms with van der Waals surface area (Å²) >= 11 is 4.69. The van der Waals surface area contributed by atoms with E-state index in [2.05, 4.69) is 4.74 Å². The standard InChI is InChI=1S/C10H10F3NO2S/c1-6(9(14)17)15-7-2-4-8(5-3-7)16-10(11,12)13/h2-6H,1H3,(H2,14,17). The molecule has 0 fully saturated rings. The Kier molecular flexibility index (Phi) is 4.17. The van der Waals surface area contributed by atoms with Gasteiger partial charge in [0.15, 0.2) is 0 Å². The highest BCUT2D eigenvalue weighted by Gasteiger charge is 2.30. The number of alkyl halides is 3. The van der Waals surface area contributed by atoms with E-state index in [0.29, 0.717) is 5.75 Å². The van der Waals surface area contributed by atoms with E-state index in [-0.39, 0.29) is 10.7 Å². The zero-order valence-corrected chi connectivity index (χ0v) is 9.64. The largest absolute Gasteiger partial charge is 0.573 e. The van der Waals surface area contributed by atoms with Crippen LogP contribution in [0.4, 0.5) is 13.2 Å². The molecule has 0 aliphatic rings. The second-order valence-corrected chi connectivity index (χ2v) is 3.65. The van der Waals surface area contributed by atoms with Crippen molar-refractivity contribution >= 4 is 17.2 Å². The van der Waals surface area contributed by atoms with E-state index in [1.165, 1.54) is 12.1 Å². The van der Waals surface area contributed by atoms with E-state index in [1.54, 1.807) is 6.92 Å². The van der Waals surface area contributed by atoms with Gasteiger partial charge in [-0.05, 0) is 31.2 Å². The summed E-state index contributed by atoms with van der Waals surface area (Å²) in [6, 6.07) is 4.98. The van der Waals surface area contributed by atoms with Crippen LogP contribution < -0.4 is 15.2 Å². The molecule has 3 nitrogen and oxygen atoms in total. The number of ether oxygens (including phenoxy) is 2. The van der Waals surface area contributed by atoms with Crippen LogP contribution in [0.2, 0.25) is 0 Å². The van der Waals surface area contributed by atoms with Crippen molar-refractivity contribution < 1.29 is 22.6 Å². The Balaban J connectivity index is 2.65. The summed E-state index contributed by atoms with van der Waals surface area (Å²) in [4.78, 5) is 0.167. The van der Waals surface area contributed by atoms with Crippen LogP contribution in [0.15, 0.2) is 24.3 Å². The summed E-state index contributed by atoms with van der Waals surface area (Å²) in [5.74, 6) is 0.0488. The van der Waals surface area contributed by atoms with Gasteiger partial charge in [0.05, 0.1) is 0 Å². The molecule has 0 saturated carbocycles. The zero-order chi connectivity index (χ0) is 13.1. The van der Waals surface area contributed by atoms with Crippen LogP contribution >= 0.6 is 12.2 Å². The lowest BCUT2D eigenvalue weighted by atomic mass is 10.3. The highest BCUT2D eigenvalue weighted by Crippen LogP contribution is 2.25. The first-order chi connectivity index (χ1) is 7.78. The maximum atomic E-state index is 11.9. The van der Waals surface area contributed by atoms with Crippen LogP contribution in [0.25, 0.3) is 0 Å². The van der Waals surface area contributed by atoms with E-state index in [9.17, 15) is 13.2 Å². The van der Waals surface area contributed by atoms with E-state index in [1.807, 2.05) is 0 Å². The van der Waals surface area contributed by atoms with Gasteiger partial charge in [0.25, 0.3) is 0 Å². The zero-order valence-electron chi connectivity index (χ0n) is 8.82. The molecule has 1 aromatic rings. The Morgan fingerprint density at radius 3 is 2.12 bits per heavy atom. The van der Waals surface area contributed by atoms with Crippen molar-refractivity contribution in [3.8, 4) is 11.5 Å². The summed E-state index contributed by atoms with van der Waals surface area (Å²) in [5.41, 5.74) is 5.33. The quantitative estimate of drug-likeness (QED) is 0.850. The molecule has 0 radical (unpaired) electrons. The Hall–Kier alpha value is -1.50. The predicted octanol–water partition coefficient (Wildman–Crippen LogP) is 2.64. The summed E-state index contributed by atoms with van der Waals surface area (Å²) in [5, 5.41) is 0. The van der Waals surface area contributed by atoms with Crippen molar-refractivity contribution in [2.45, 2.75) is 19.4 Å². The fraction of sp³-hybridized carbons (Fsp3) is 0.300. The maximum Gasteiger partial charge on any atom is 0.573 e. The first-order valence-corrected chi connectivity index (χ1v) is 5.00. The second-order valence-electron chi connectivity index (χ2n) is 3.18. The molecule has 0 bridgehead atoms. The average molecular weight is 265 g/mol. The maximum absolute atomic E-state index is 11.9. The molecule has 1 rings (SSSR count). The van der Waals surface area contributed by atoms with Crippen molar-refractivity contribution in [3.63, 3.8) is 0 Å². The second kappa shape index (κ2) is 5.22. The van der Waals surface area contributed by atoms with Crippen molar-refractivity contribution in [1.29, 1.82) is 0 Å². The first-order valence-electron chi connectivity index (χ1n) is 4.60. The molecular formula is C10H10F3NO2S. The highest BCUT2D eigenvalue weighted by molar-refractivity contribution is 7.80. The summed E-state index contributed by atoms with van der Waals surface area (Å²) < 4.78 is 44.6. The van der Waals surface area contributed by atoms with Crippen molar-refractivity contribution in [3.05, 3.63) is 24.3 Å². The first kappa shape index (κ1) is 13.6. The Labute approximate surface area is 101 Å². The summed E-state index contributed by atoms with van der Waals surface area (Å²) in [6.07, 6.45) is -5.19. The lowest BCUT2D eigenvalue weighted by Gasteiger charge is -2.14. The van der Waals surface area contributed by atoms with Gasteiger partial charge in [-0.3, -0.25) is 0 Å². The molecule has 0 amide bonds. The lowest BCUT2D eigenvalue weighted by molar-refractivity contribution is -0.274.